The van der Waals surface area contributed by atoms with Crippen LogP contribution in [0, 0.1) is 24.2 Å². The molecule has 3 heteroatoms. The highest BCUT2D eigenvalue weighted by Gasteiger charge is 2.04. The van der Waals surface area contributed by atoms with Crippen LogP contribution < -0.4 is 5.32 Å². The second kappa shape index (κ2) is 5.46. The van der Waals surface area contributed by atoms with Gasteiger partial charge >= 0.3 is 0 Å². The average Bonchev–Trinajstić information content (AvgIpc) is 2.59. The molecule has 0 aliphatic heterocycles. The lowest BCUT2D eigenvalue weighted by molar-refractivity contribution is 0.449. The molecule has 1 N–H and O–H groups in total. The smallest absolute Gasteiger partial charge is 0.117 e. The summed E-state index contributed by atoms with van der Waals surface area (Å²) < 4.78 is 5.39. The molecule has 1 aromatic rings. The van der Waals surface area contributed by atoms with Crippen LogP contribution in [0.4, 0.5) is 0 Å². The summed E-state index contributed by atoms with van der Waals surface area (Å²) in [5, 5.41) is 11.9. The van der Waals surface area contributed by atoms with E-state index in [9.17, 15) is 0 Å². The van der Waals surface area contributed by atoms with Crippen molar-refractivity contribution < 1.29 is 4.42 Å². The number of rotatable bonds is 5. The molecule has 0 fully saturated rings. The zero-order chi connectivity index (χ0) is 10.4. The molecule has 0 saturated carbocycles. The molecule has 1 rings (SSSR count). The quantitative estimate of drug-likeness (QED) is 0.778. The van der Waals surface area contributed by atoms with E-state index in [0.29, 0.717) is 6.54 Å². The number of nitrogens with zero attached hydrogens (tertiary/aromatic N) is 1. The summed E-state index contributed by atoms with van der Waals surface area (Å²) in [6.07, 6.45) is 0.890. The van der Waals surface area contributed by atoms with Gasteiger partial charge in [-0.3, -0.25) is 0 Å². The first-order chi connectivity index (χ1) is 6.76. The third-order valence-corrected chi connectivity index (χ3v) is 2.16. The molecule has 76 valence electrons. The van der Waals surface area contributed by atoms with E-state index in [1.165, 1.54) is 0 Å². The Kier molecular flexibility index (Phi) is 4.21. The van der Waals surface area contributed by atoms with Crippen LogP contribution in [0.25, 0.3) is 0 Å². The summed E-state index contributed by atoms with van der Waals surface area (Å²) in [7, 11) is 0. The van der Waals surface area contributed by atoms with Crippen LogP contribution in [-0.2, 0) is 6.54 Å². The van der Waals surface area contributed by atoms with Crippen LogP contribution in [-0.4, -0.2) is 6.54 Å². The molecule has 0 saturated heterocycles. The summed E-state index contributed by atoms with van der Waals surface area (Å²) in [6, 6.07) is 6.15. The minimum atomic E-state index is 0.103. The molecule has 0 spiro atoms. The van der Waals surface area contributed by atoms with Gasteiger partial charge in [0.15, 0.2) is 0 Å². The minimum absolute atomic E-state index is 0.103. The van der Waals surface area contributed by atoms with Gasteiger partial charge in [0.2, 0.25) is 0 Å². The van der Waals surface area contributed by atoms with E-state index < -0.39 is 0 Å². The number of nitrogens with one attached hydrogen (secondary N) is 1. The van der Waals surface area contributed by atoms with Crippen LogP contribution in [0.1, 0.15) is 24.9 Å². The highest BCUT2D eigenvalue weighted by molar-refractivity contribution is 5.05. The van der Waals surface area contributed by atoms with Gasteiger partial charge < -0.3 is 9.73 Å². The molecular formula is C11H16N2O. The van der Waals surface area contributed by atoms with Gasteiger partial charge in [-0.25, -0.2) is 0 Å². The summed E-state index contributed by atoms with van der Waals surface area (Å²) in [5.74, 6) is 1.95. The monoisotopic (exact) mass is 192 g/mol. The highest BCUT2D eigenvalue weighted by Crippen LogP contribution is 2.06. The lowest BCUT2D eigenvalue weighted by Gasteiger charge is -2.05. The van der Waals surface area contributed by atoms with Gasteiger partial charge in [-0.15, -0.1) is 0 Å². The first-order valence-electron chi connectivity index (χ1n) is 4.92. The lowest BCUT2D eigenvalue weighted by atomic mass is 10.1. The Labute approximate surface area is 84.7 Å². The molecule has 0 aliphatic rings. The second-order valence-corrected chi connectivity index (χ2v) is 3.38. The molecular weight excluding hydrogens is 176 g/mol. The van der Waals surface area contributed by atoms with Gasteiger partial charge in [0.05, 0.1) is 18.5 Å². The normalized spacial score (nSPS) is 12.4. The first-order valence-corrected chi connectivity index (χ1v) is 4.92. The molecule has 0 amide bonds. The molecule has 0 bridgehead atoms. The molecule has 1 heterocycles. The summed E-state index contributed by atoms with van der Waals surface area (Å²) in [4.78, 5) is 0. The van der Waals surface area contributed by atoms with Crippen molar-refractivity contribution in [2.75, 3.05) is 6.54 Å². The van der Waals surface area contributed by atoms with Crippen molar-refractivity contribution in [2.24, 2.45) is 5.92 Å². The largest absolute Gasteiger partial charge is 0.465 e. The summed E-state index contributed by atoms with van der Waals surface area (Å²) in [6.45, 7) is 5.37. The zero-order valence-electron chi connectivity index (χ0n) is 8.71. The predicted octanol–water partition coefficient (Wildman–Crippen LogP) is 2.23. The van der Waals surface area contributed by atoms with Crippen molar-refractivity contribution in [3.8, 4) is 6.07 Å². The first kappa shape index (κ1) is 10.8. The average molecular weight is 192 g/mol. The van der Waals surface area contributed by atoms with Gasteiger partial charge in [-0.1, -0.05) is 6.92 Å². The minimum Gasteiger partial charge on any atom is -0.465 e. The van der Waals surface area contributed by atoms with Gasteiger partial charge in [0, 0.05) is 6.54 Å². The second-order valence-electron chi connectivity index (χ2n) is 3.38. The molecule has 3 nitrogen and oxygen atoms in total. The number of hydrogen-bond donors (Lipinski definition) is 1. The zero-order valence-corrected chi connectivity index (χ0v) is 8.71. The van der Waals surface area contributed by atoms with Crippen molar-refractivity contribution >= 4 is 0 Å². The van der Waals surface area contributed by atoms with Gasteiger partial charge in [0.1, 0.15) is 11.5 Å². The fourth-order valence-electron chi connectivity index (χ4n) is 1.23. The van der Waals surface area contributed by atoms with Crippen LogP contribution in [0.2, 0.25) is 0 Å². The van der Waals surface area contributed by atoms with Crippen molar-refractivity contribution in [2.45, 2.75) is 26.8 Å². The van der Waals surface area contributed by atoms with E-state index in [4.69, 9.17) is 9.68 Å². The third-order valence-electron chi connectivity index (χ3n) is 2.16. The maximum absolute atomic E-state index is 8.71. The van der Waals surface area contributed by atoms with Crippen LogP contribution >= 0.6 is 0 Å². The van der Waals surface area contributed by atoms with Crippen LogP contribution in [0.3, 0.4) is 0 Å². The molecule has 14 heavy (non-hydrogen) atoms. The van der Waals surface area contributed by atoms with Gasteiger partial charge in [-0.2, -0.15) is 5.26 Å². The Balaban J connectivity index is 2.25. The maximum Gasteiger partial charge on any atom is 0.117 e. The lowest BCUT2D eigenvalue weighted by Crippen LogP contribution is -2.20. The van der Waals surface area contributed by atoms with Crippen LogP contribution in [0.15, 0.2) is 16.5 Å². The molecule has 1 unspecified atom stereocenters. The Hall–Kier alpha value is -1.27. The Morgan fingerprint density at radius 1 is 1.57 bits per heavy atom. The van der Waals surface area contributed by atoms with E-state index in [2.05, 4.69) is 11.4 Å². The Morgan fingerprint density at radius 2 is 2.36 bits per heavy atom. The Bertz CT molecular complexity index is 311. The molecule has 1 aromatic heterocycles. The van der Waals surface area contributed by atoms with E-state index >= 15 is 0 Å². The predicted molar refractivity (Wildman–Crippen MR) is 54.5 cm³/mol. The fourth-order valence-corrected chi connectivity index (χ4v) is 1.23. The van der Waals surface area contributed by atoms with Crippen molar-refractivity contribution in [1.29, 1.82) is 5.26 Å². The fraction of sp³-hybridized carbons (Fsp3) is 0.545. The van der Waals surface area contributed by atoms with E-state index in [1.807, 2.05) is 26.0 Å². The number of nitriles is 1. The SMILES string of the molecule is CCC(C#N)CNCc1ccc(C)o1. The summed E-state index contributed by atoms with van der Waals surface area (Å²) in [5.41, 5.74) is 0. The number of hydrogen-bond acceptors (Lipinski definition) is 3. The van der Waals surface area contributed by atoms with Crippen molar-refractivity contribution in [1.82, 2.24) is 5.32 Å². The van der Waals surface area contributed by atoms with E-state index in [0.717, 1.165) is 24.5 Å². The highest BCUT2D eigenvalue weighted by atomic mass is 16.3. The molecule has 1 atom stereocenters. The van der Waals surface area contributed by atoms with Crippen molar-refractivity contribution in [3.63, 3.8) is 0 Å². The standard InChI is InChI=1S/C11H16N2O/c1-3-10(6-12)7-13-8-11-5-4-9(2)14-11/h4-5,10,13H,3,7-8H2,1-2H3. The molecule has 0 aromatic carbocycles. The van der Waals surface area contributed by atoms with Gasteiger partial charge in [-0.05, 0) is 25.5 Å². The Morgan fingerprint density at radius 3 is 2.86 bits per heavy atom. The number of aryl methyl sites for hydroxylation is 1. The van der Waals surface area contributed by atoms with Crippen molar-refractivity contribution in [3.05, 3.63) is 23.7 Å². The number of furan rings is 1. The third kappa shape index (κ3) is 3.23. The van der Waals surface area contributed by atoms with E-state index in [1.54, 1.807) is 0 Å². The molecule has 0 aliphatic carbocycles. The summed E-state index contributed by atoms with van der Waals surface area (Å²) >= 11 is 0. The molecule has 0 radical (unpaired) electrons. The van der Waals surface area contributed by atoms with Gasteiger partial charge in [0.25, 0.3) is 0 Å². The van der Waals surface area contributed by atoms with Crippen LogP contribution in [0.5, 0.6) is 0 Å². The van der Waals surface area contributed by atoms with E-state index in [-0.39, 0.29) is 5.92 Å². The topological polar surface area (TPSA) is 49.0 Å². The maximum atomic E-state index is 8.71.